The van der Waals surface area contributed by atoms with Crippen molar-refractivity contribution in [3.8, 4) is 0 Å². The fraction of sp³-hybridized carbons (Fsp3) is 0.429. The standard InChI is InChI=1S/C21H23ClN4O2/c1-13-18(14(2)28-25-13)4-6-20(27)26-9-7-15(8-10-26)19-5-3-16-11-17(22)12-23-21(16)24-19/h3,5,11-12,15H,4,6-10H2,1-2H3. The van der Waals surface area contributed by atoms with Crippen molar-refractivity contribution in [2.45, 2.75) is 45.4 Å². The number of nitrogens with zero attached hydrogens (tertiary/aromatic N) is 4. The fourth-order valence-corrected chi connectivity index (χ4v) is 4.07. The predicted molar refractivity (Wildman–Crippen MR) is 107 cm³/mol. The number of carbonyl (C=O) groups excluding carboxylic acids is 1. The van der Waals surface area contributed by atoms with Crippen LogP contribution in [0.3, 0.4) is 0 Å². The van der Waals surface area contributed by atoms with Gasteiger partial charge < -0.3 is 9.42 Å². The van der Waals surface area contributed by atoms with Crippen molar-refractivity contribution in [1.29, 1.82) is 0 Å². The summed E-state index contributed by atoms with van der Waals surface area (Å²) in [5, 5.41) is 5.52. The van der Waals surface area contributed by atoms with Crippen LogP contribution in [0.1, 0.15) is 47.9 Å². The third-order valence-corrected chi connectivity index (χ3v) is 5.77. The lowest BCUT2D eigenvalue weighted by Gasteiger charge is -2.32. The Hall–Kier alpha value is -2.47. The number of carbonyl (C=O) groups is 1. The number of hydrogen-bond donors (Lipinski definition) is 0. The van der Waals surface area contributed by atoms with E-state index < -0.39 is 0 Å². The van der Waals surface area contributed by atoms with Crippen LogP contribution in [0.2, 0.25) is 5.02 Å². The second kappa shape index (κ2) is 7.87. The van der Waals surface area contributed by atoms with Gasteiger partial charge in [-0.25, -0.2) is 9.97 Å². The molecule has 4 rings (SSSR count). The number of fused-ring (bicyclic) bond motifs is 1. The number of amides is 1. The molecule has 1 amide bonds. The number of likely N-dealkylation sites (tertiary alicyclic amines) is 1. The van der Waals surface area contributed by atoms with Crippen LogP contribution in [0, 0.1) is 13.8 Å². The molecule has 0 N–H and O–H groups in total. The minimum absolute atomic E-state index is 0.196. The molecule has 1 saturated heterocycles. The van der Waals surface area contributed by atoms with Crippen LogP contribution in [-0.4, -0.2) is 39.0 Å². The summed E-state index contributed by atoms with van der Waals surface area (Å²) in [4.78, 5) is 23.6. The summed E-state index contributed by atoms with van der Waals surface area (Å²) in [7, 11) is 0. The van der Waals surface area contributed by atoms with E-state index in [0.29, 0.717) is 23.8 Å². The maximum absolute atomic E-state index is 12.6. The highest BCUT2D eigenvalue weighted by Gasteiger charge is 2.25. The Morgan fingerprint density at radius 2 is 2.07 bits per heavy atom. The molecule has 0 bridgehead atoms. The Kier molecular flexibility index (Phi) is 5.31. The maximum atomic E-state index is 12.6. The van der Waals surface area contributed by atoms with Crippen LogP contribution >= 0.6 is 11.6 Å². The Morgan fingerprint density at radius 3 is 2.79 bits per heavy atom. The van der Waals surface area contributed by atoms with Gasteiger partial charge in [-0.15, -0.1) is 0 Å². The van der Waals surface area contributed by atoms with E-state index in [9.17, 15) is 4.79 Å². The Balaban J connectivity index is 1.35. The minimum Gasteiger partial charge on any atom is -0.361 e. The number of pyridine rings is 2. The lowest BCUT2D eigenvalue weighted by Crippen LogP contribution is -2.38. The fourth-order valence-electron chi connectivity index (χ4n) is 3.90. The average molecular weight is 399 g/mol. The van der Waals surface area contributed by atoms with Gasteiger partial charge in [-0.05, 0) is 51.3 Å². The van der Waals surface area contributed by atoms with Crippen LogP contribution in [0.25, 0.3) is 11.0 Å². The first kappa shape index (κ1) is 18.9. The number of piperidine rings is 1. The Morgan fingerprint density at radius 1 is 1.29 bits per heavy atom. The SMILES string of the molecule is Cc1noc(C)c1CCC(=O)N1CCC(c2ccc3cc(Cl)cnc3n2)CC1. The summed E-state index contributed by atoms with van der Waals surface area (Å²) in [5.41, 5.74) is 3.70. The van der Waals surface area contributed by atoms with E-state index in [1.54, 1.807) is 6.20 Å². The third kappa shape index (κ3) is 3.87. The number of rotatable bonds is 4. The molecule has 0 unspecified atom stereocenters. The molecule has 28 heavy (non-hydrogen) atoms. The minimum atomic E-state index is 0.196. The van der Waals surface area contributed by atoms with E-state index in [1.165, 1.54) is 0 Å². The Bertz CT molecular complexity index is 989. The molecule has 3 aromatic rings. The molecule has 1 fully saturated rings. The van der Waals surface area contributed by atoms with Gasteiger partial charge in [0.15, 0.2) is 5.65 Å². The van der Waals surface area contributed by atoms with Crippen molar-refractivity contribution in [2.75, 3.05) is 13.1 Å². The normalized spacial score (nSPS) is 15.3. The molecule has 0 atom stereocenters. The number of aryl methyl sites for hydroxylation is 2. The van der Waals surface area contributed by atoms with Crippen molar-refractivity contribution in [3.63, 3.8) is 0 Å². The molecule has 0 aliphatic carbocycles. The molecule has 0 spiro atoms. The smallest absolute Gasteiger partial charge is 0.222 e. The lowest BCUT2D eigenvalue weighted by molar-refractivity contribution is -0.132. The first-order valence-electron chi connectivity index (χ1n) is 9.63. The van der Waals surface area contributed by atoms with Crippen LogP contribution in [-0.2, 0) is 11.2 Å². The zero-order chi connectivity index (χ0) is 19.7. The summed E-state index contributed by atoms with van der Waals surface area (Å²) < 4.78 is 5.18. The molecule has 1 aliphatic rings. The summed E-state index contributed by atoms with van der Waals surface area (Å²) in [5.74, 6) is 1.36. The zero-order valence-electron chi connectivity index (χ0n) is 16.1. The van der Waals surface area contributed by atoms with E-state index in [1.807, 2.05) is 30.9 Å². The number of halogens is 1. The lowest BCUT2D eigenvalue weighted by atomic mass is 9.92. The molecule has 0 aromatic carbocycles. The van der Waals surface area contributed by atoms with Gasteiger partial charge in [0, 0.05) is 48.3 Å². The molecule has 0 saturated carbocycles. The van der Waals surface area contributed by atoms with Gasteiger partial charge in [-0.2, -0.15) is 0 Å². The molecule has 3 aromatic heterocycles. The number of hydrogen-bond acceptors (Lipinski definition) is 5. The van der Waals surface area contributed by atoms with Crippen molar-refractivity contribution >= 4 is 28.5 Å². The number of aromatic nitrogens is 3. The molecule has 4 heterocycles. The molecular weight excluding hydrogens is 376 g/mol. The maximum Gasteiger partial charge on any atom is 0.222 e. The first-order valence-corrected chi connectivity index (χ1v) is 10.0. The first-order chi connectivity index (χ1) is 13.5. The molecule has 146 valence electrons. The second-order valence-electron chi connectivity index (χ2n) is 7.39. The largest absolute Gasteiger partial charge is 0.361 e. The van der Waals surface area contributed by atoms with Gasteiger partial charge in [0.05, 0.1) is 10.7 Å². The van der Waals surface area contributed by atoms with Gasteiger partial charge in [0.25, 0.3) is 0 Å². The highest BCUT2D eigenvalue weighted by molar-refractivity contribution is 6.31. The van der Waals surface area contributed by atoms with Crippen LogP contribution < -0.4 is 0 Å². The summed E-state index contributed by atoms with van der Waals surface area (Å²) in [6.45, 7) is 5.34. The van der Waals surface area contributed by atoms with Gasteiger partial charge in [0.1, 0.15) is 5.76 Å². The monoisotopic (exact) mass is 398 g/mol. The zero-order valence-corrected chi connectivity index (χ0v) is 16.9. The molecule has 6 nitrogen and oxygen atoms in total. The topological polar surface area (TPSA) is 72.1 Å². The van der Waals surface area contributed by atoms with Gasteiger partial charge in [-0.3, -0.25) is 4.79 Å². The van der Waals surface area contributed by atoms with Crippen molar-refractivity contribution in [1.82, 2.24) is 20.0 Å². The van der Waals surface area contributed by atoms with E-state index in [-0.39, 0.29) is 5.91 Å². The van der Waals surface area contributed by atoms with Crippen LogP contribution in [0.15, 0.2) is 28.9 Å². The molecule has 7 heteroatoms. The molecule has 0 radical (unpaired) electrons. The quantitative estimate of drug-likeness (QED) is 0.657. The van der Waals surface area contributed by atoms with E-state index >= 15 is 0 Å². The average Bonchev–Trinajstić information content (AvgIpc) is 3.03. The highest BCUT2D eigenvalue weighted by atomic mass is 35.5. The van der Waals surface area contributed by atoms with Crippen molar-refractivity contribution in [3.05, 3.63) is 52.1 Å². The second-order valence-corrected chi connectivity index (χ2v) is 7.83. The predicted octanol–water partition coefficient (Wildman–Crippen LogP) is 4.23. The Labute approximate surface area is 168 Å². The molecular formula is C21H23ClN4O2. The highest BCUT2D eigenvalue weighted by Crippen LogP contribution is 2.28. The van der Waals surface area contributed by atoms with E-state index in [4.69, 9.17) is 21.1 Å². The van der Waals surface area contributed by atoms with Crippen molar-refractivity contribution < 1.29 is 9.32 Å². The molecule has 1 aliphatic heterocycles. The van der Waals surface area contributed by atoms with Gasteiger partial charge in [0.2, 0.25) is 5.91 Å². The van der Waals surface area contributed by atoms with Crippen LogP contribution in [0.5, 0.6) is 0 Å². The van der Waals surface area contributed by atoms with E-state index in [0.717, 1.165) is 59.7 Å². The van der Waals surface area contributed by atoms with Crippen molar-refractivity contribution in [2.24, 2.45) is 0 Å². The third-order valence-electron chi connectivity index (χ3n) is 5.57. The summed E-state index contributed by atoms with van der Waals surface area (Å²) in [6.07, 6.45) is 4.64. The summed E-state index contributed by atoms with van der Waals surface area (Å²) in [6, 6.07) is 5.96. The van der Waals surface area contributed by atoms with E-state index in [2.05, 4.69) is 16.2 Å². The van der Waals surface area contributed by atoms with Gasteiger partial charge >= 0.3 is 0 Å². The van der Waals surface area contributed by atoms with Gasteiger partial charge in [-0.1, -0.05) is 16.8 Å². The van der Waals surface area contributed by atoms with Crippen LogP contribution in [0.4, 0.5) is 0 Å². The summed E-state index contributed by atoms with van der Waals surface area (Å²) >= 11 is 5.99.